The monoisotopic (exact) mass is 1320 g/mol. The Morgan fingerprint density at radius 3 is 1.29 bits per heavy atom. The molecule has 5 aromatic carbocycles. The third-order valence-electron chi connectivity index (χ3n) is 16.2. The van der Waals surface area contributed by atoms with E-state index >= 15 is 0 Å². The molecule has 22 nitrogen and oxygen atoms in total. The second kappa shape index (κ2) is 31.3. The van der Waals surface area contributed by atoms with Crippen LogP contribution >= 0.6 is 0 Å². The van der Waals surface area contributed by atoms with E-state index in [0.29, 0.717) is 84.6 Å². The number of nitrogens with one attached hydrogen (secondary N) is 2. The number of carboxylic acids is 1. The van der Waals surface area contributed by atoms with Crippen molar-refractivity contribution in [1.29, 1.82) is 0 Å². The van der Waals surface area contributed by atoms with E-state index in [2.05, 4.69) is 118 Å². The fourth-order valence-electron chi connectivity index (χ4n) is 11.1. The number of amides is 2. The number of fused-ring (bicyclic) bond motifs is 6. The van der Waals surface area contributed by atoms with Crippen molar-refractivity contribution in [3.63, 3.8) is 0 Å². The Hall–Kier alpha value is -12.6. The molecule has 14 aromatic rings. The Balaban J connectivity index is 0.000000149. The van der Waals surface area contributed by atoms with Gasteiger partial charge in [0, 0.05) is 119 Å². The van der Waals surface area contributed by atoms with Gasteiger partial charge in [0.1, 0.15) is 0 Å². The number of carbonyl (C=O) groups is 3. The van der Waals surface area contributed by atoms with Gasteiger partial charge in [-0.1, -0.05) is 83.4 Å². The average Bonchev–Trinajstić information content (AvgIpc) is 1.79. The molecule has 9 heterocycles. The average molecular weight is 1320 g/mol. The number of aromatic carboxylic acids is 1. The van der Waals surface area contributed by atoms with Gasteiger partial charge in [-0.25, -0.2) is 4.79 Å². The largest absolute Gasteiger partial charge is 0.478 e. The van der Waals surface area contributed by atoms with Gasteiger partial charge in [-0.3, -0.25) is 39.5 Å². The molecule has 0 fully saturated rings. The molecule has 1 aliphatic rings. The van der Waals surface area contributed by atoms with Crippen molar-refractivity contribution in [1.82, 2.24) is 56.0 Å². The molecule has 0 aliphatic heterocycles. The maximum Gasteiger partial charge on any atom is 0.335 e. The van der Waals surface area contributed by atoms with Crippen LogP contribution in [0.1, 0.15) is 119 Å². The lowest BCUT2D eigenvalue weighted by Gasteiger charge is -2.12. The summed E-state index contributed by atoms with van der Waals surface area (Å²) in [5.41, 5.74) is 39.9. The fraction of sp³-hybridized carbons (Fsp3) is 0.169. The van der Waals surface area contributed by atoms with Crippen LogP contribution in [0.3, 0.4) is 0 Å². The lowest BCUT2D eigenvalue weighted by molar-refractivity contribution is 0.0696. The summed E-state index contributed by atoms with van der Waals surface area (Å²) in [6.45, 7) is 7.54. The van der Waals surface area contributed by atoms with Gasteiger partial charge in [-0.05, 0) is 189 Å². The number of carbonyl (C=O) groups excluding carboxylic acids is 2. The number of nitrogen functional groups attached to an aromatic ring is 3. The maximum absolute atomic E-state index is 12.7. The Kier molecular flexibility index (Phi) is 21.9. The molecule has 15 rings (SSSR count). The molecule has 0 saturated carbocycles. The van der Waals surface area contributed by atoms with Gasteiger partial charge in [0.15, 0.2) is 34.4 Å². The zero-order valence-corrected chi connectivity index (χ0v) is 53.2. The zero-order valence-electron chi connectivity index (χ0n) is 53.2. The van der Waals surface area contributed by atoms with Crippen molar-refractivity contribution >= 4 is 96.0 Å². The minimum Gasteiger partial charge on any atom is -0.478 e. The standard InChI is InChI=1S/2C25H21N5O2.C17H14N2O2.C8H11N3O.2CH4/c2*1-15-2-5-22-19(8-15)9-17(14-28-22)10-20-12-18(6-7-27-20)25(31)29-13-16-3-4-21-23(11-16)32-30-24(21)26;1-11-2-3-16-14(6-11)7-12(10-19-16)8-15-9-13(17(20)21)4-5-18-15;9-4-5-1-2-7-6(3-5)8(10)11-12-7;;/h2*2-9,11-12,14H,10,13H2,1H3,(H2,26,30)(H,29,31);2-7,9-10H,8H2,1H3,(H,20,21);1-2,5H,3-4,9H2,(H2,10,11);2*1H4. The summed E-state index contributed by atoms with van der Waals surface area (Å²) in [4.78, 5) is 63.0. The summed E-state index contributed by atoms with van der Waals surface area (Å²) >= 11 is 0. The van der Waals surface area contributed by atoms with Gasteiger partial charge in [-0.15, -0.1) is 0 Å². The minimum absolute atomic E-state index is 0. The molecule has 22 heteroatoms. The Morgan fingerprint density at radius 1 is 0.475 bits per heavy atom. The van der Waals surface area contributed by atoms with E-state index in [0.717, 1.165) is 106 Å². The van der Waals surface area contributed by atoms with Gasteiger partial charge < -0.3 is 52.2 Å². The normalized spacial score (nSPS) is 12.0. The summed E-state index contributed by atoms with van der Waals surface area (Å²) in [7, 11) is 0. The first-order chi connectivity index (χ1) is 47.0. The Labute approximate surface area is 570 Å². The van der Waals surface area contributed by atoms with Gasteiger partial charge in [0.05, 0.1) is 32.9 Å². The third kappa shape index (κ3) is 17.3. The summed E-state index contributed by atoms with van der Waals surface area (Å²) in [6.07, 6.45) is 16.9. The molecule has 99 heavy (non-hydrogen) atoms. The number of carboxylic acid groups (broad SMARTS) is 1. The highest BCUT2D eigenvalue weighted by Gasteiger charge is 2.20. The number of benzene rings is 5. The van der Waals surface area contributed by atoms with Crippen LogP contribution in [0.15, 0.2) is 202 Å². The first kappa shape index (κ1) is 69.3. The number of pyridine rings is 6. The molecule has 2 amide bonds. The predicted octanol–water partition coefficient (Wildman–Crippen LogP) is 13.3. The minimum atomic E-state index is -0.939. The number of aryl methyl sites for hydroxylation is 3. The summed E-state index contributed by atoms with van der Waals surface area (Å²) < 4.78 is 15.3. The van der Waals surface area contributed by atoms with E-state index in [1.807, 2.05) is 110 Å². The SMILES string of the molecule is C.C.Cc1ccc2ncc(Cc3cc(C(=O)NCc4ccc5c(N)noc5c4)ccn3)cc2c1.Cc1ccc2ncc(Cc3cc(C(=O)NCc4ccc5c(N)noc5c4)ccn3)cc2c1.Cc1ccc2ncc(Cc3cc(C(=O)O)ccn3)cc2c1.NCC1C=Cc2onc(N)c2C1. The van der Waals surface area contributed by atoms with E-state index in [9.17, 15) is 14.4 Å². The summed E-state index contributed by atoms with van der Waals surface area (Å²) in [5.74, 6) is 1.08. The highest BCUT2D eigenvalue weighted by Crippen LogP contribution is 2.28. The molecule has 11 N–H and O–H groups in total. The molecule has 1 aliphatic carbocycles. The molecule has 1 unspecified atom stereocenters. The number of aromatic nitrogens is 9. The number of rotatable bonds is 14. The molecule has 0 radical (unpaired) electrons. The van der Waals surface area contributed by atoms with Crippen LogP contribution in [-0.2, 0) is 38.8 Å². The van der Waals surface area contributed by atoms with Crippen molar-refractivity contribution in [3.05, 3.63) is 278 Å². The van der Waals surface area contributed by atoms with E-state index in [1.165, 1.54) is 29.0 Å². The second-order valence-corrected chi connectivity index (χ2v) is 23.7. The lowest BCUT2D eigenvalue weighted by Crippen LogP contribution is -2.23. The van der Waals surface area contributed by atoms with Crippen molar-refractivity contribution in [3.8, 4) is 0 Å². The van der Waals surface area contributed by atoms with Crippen molar-refractivity contribution in [2.24, 2.45) is 11.7 Å². The van der Waals surface area contributed by atoms with Crippen LogP contribution in [0.2, 0.25) is 0 Å². The van der Waals surface area contributed by atoms with E-state index < -0.39 is 5.97 Å². The second-order valence-electron chi connectivity index (χ2n) is 23.7. The van der Waals surface area contributed by atoms with Crippen LogP contribution in [0.5, 0.6) is 0 Å². The van der Waals surface area contributed by atoms with Gasteiger partial charge in [-0.2, -0.15) is 0 Å². The molecule has 0 bridgehead atoms. The van der Waals surface area contributed by atoms with Gasteiger partial charge in [0.2, 0.25) is 0 Å². The molecule has 9 aromatic heterocycles. The van der Waals surface area contributed by atoms with E-state index in [4.69, 9.17) is 41.6 Å². The number of hydrogen-bond acceptors (Lipinski definition) is 19. The van der Waals surface area contributed by atoms with Crippen LogP contribution in [0, 0.1) is 26.7 Å². The highest BCUT2D eigenvalue weighted by molar-refractivity contribution is 5.95. The Morgan fingerprint density at radius 2 is 0.879 bits per heavy atom. The molecular formula is C77H75N15O7. The Bertz CT molecular complexity index is 5050. The molecule has 0 spiro atoms. The predicted molar refractivity (Wildman–Crippen MR) is 386 cm³/mol. The first-order valence-electron chi connectivity index (χ1n) is 31.1. The van der Waals surface area contributed by atoms with Crippen molar-refractivity contribution in [2.75, 3.05) is 23.7 Å². The third-order valence-corrected chi connectivity index (χ3v) is 16.2. The molecule has 0 saturated heterocycles. The molecular weight excluding hydrogens is 1250 g/mol. The number of nitrogens with zero attached hydrogens (tertiary/aromatic N) is 9. The van der Waals surface area contributed by atoms with Crippen LogP contribution in [0.4, 0.5) is 17.5 Å². The van der Waals surface area contributed by atoms with Crippen molar-refractivity contribution < 1.29 is 33.1 Å². The van der Waals surface area contributed by atoms with E-state index in [1.54, 1.807) is 30.6 Å². The number of nitrogens with two attached hydrogens (primary N) is 4. The summed E-state index contributed by atoms with van der Waals surface area (Å²) in [6, 6.07) is 46.1. The summed E-state index contributed by atoms with van der Waals surface area (Å²) in [5, 5.41) is 30.9. The van der Waals surface area contributed by atoms with Crippen LogP contribution in [0.25, 0.3) is 60.7 Å². The maximum atomic E-state index is 12.7. The fourth-order valence-corrected chi connectivity index (χ4v) is 11.1. The lowest BCUT2D eigenvalue weighted by atomic mass is 9.94. The van der Waals surface area contributed by atoms with E-state index in [-0.39, 0.29) is 32.2 Å². The molecule has 500 valence electrons. The topological polar surface area (TPSA) is 355 Å². The first-order valence-corrected chi connectivity index (χ1v) is 31.1. The van der Waals surface area contributed by atoms with Gasteiger partial charge >= 0.3 is 5.97 Å². The van der Waals surface area contributed by atoms with Crippen LogP contribution < -0.4 is 33.6 Å². The molecule has 1 atom stereocenters. The number of anilines is 3. The highest BCUT2D eigenvalue weighted by atomic mass is 16.5. The van der Waals surface area contributed by atoms with Crippen LogP contribution in [-0.4, -0.2) is 74.8 Å². The quantitative estimate of drug-likeness (QED) is 0.0532. The number of hydrogen-bond donors (Lipinski definition) is 7. The smallest absolute Gasteiger partial charge is 0.335 e. The zero-order chi connectivity index (χ0) is 67.5. The van der Waals surface area contributed by atoms with Crippen molar-refractivity contribution in [2.45, 2.75) is 74.4 Å². The van der Waals surface area contributed by atoms with Gasteiger partial charge in [0.25, 0.3) is 11.8 Å².